The van der Waals surface area contributed by atoms with Crippen molar-refractivity contribution in [3.05, 3.63) is 0 Å². The van der Waals surface area contributed by atoms with Crippen molar-refractivity contribution in [3.8, 4) is 6.07 Å². The molecule has 2 rings (SSSR count). The number of carbonyl (C=O) groups excluding carboxylic acids is 2. The number of nitrogens with zero attached hydrogens (tertiary/aromatic N) is 2. The summed E-state index contributed by atoms with van der Waals surface area (Å²) < 4.78 is 0. The highest BCUT2D eigenvalue weighted by molar-refractivity contribution is 5.88. The molecule has 2 amide bonds. The van der Waals surface area contributed by atoms with Crippen molar-refractivity contribution in [3.63, 3.8) is 0 Å². The van der Waals surface area contributed by atoms with E-state index in [1.807, 2.05) is 0 Å². The number of likely N-dealkylation sites (tertiary alicyclic amines) is 1. The number of amides is 2. The molecule has 0 aromatic carbocycles. The first-order valence-corrected chi connectivity index (χ1v) is 7.44. The Labute approximate surface area is 120 Å². The fraction of sp³-hybridized carbons (Fsp3) is 0.800. The van der Waals surface area contributed by atoms with E-state index in [1.165, 1.54) is 0 Å². The van der Waals surface area contributed by atoms with Gasteiger partial charge in [-0.15, -0.1) is 0 Å². The molecule has 0 aromatic rings. The van der Waals surface area contributed by atoms with E-state index in [0.717, 1.165) is 25.7 Å². The third-order valence-corrected chi connectivity index (χ3v) is 4.94. The average molecular weight is 277 g/mol. The zero-order valence-corrected chi connectivity index (χ0v) is 12.2. The van der Waals surface area contributed by atoms with E-state index in [1.54, 1.807) is 11.8 Å². The number of carbonyl (C=O) groups is 2. The van der Waals surface area contributed by atoms with Gasteiger partial charge in [0.2, 0.25) is 11.8 Å². The van der Waals surface area contributed by atoms with Gasteiger partial charge in [-0.25, -0.2) is 0 Å². The molecule has 2 N–H and O–H groups in total. The van der Waals surface area contributed by atoms with Crippen molar-refractivity contribution in [2.75, 3.05) is 13.1 Å². The van der Waals surface area contributed by atoms with Gasteiger partial charge in [0.25, 0.3) is 0 Å². The summed E-state index contributed by atoms with van der Waals surface area (Å²) >= 11 is 0. The van der Waals surface area contributed by atoms with Crippen molar-refractivity contribution in [1.82, 2.24) is 4.90 Å². The maximum Gasteiger partial charge on any atom is 0.243 e. The van der Waals surface area contributed by atoms with Crippen molar-refractivity contribution < 1.29 is 9.59 Å². The zero-order valence-electron chi connectivity index (χ0n) is 12.2. The Kier molecular flexibility index (Phi) is 4.03. The monoisotopic (exact) mass is 277 g/mol. The molecule has 2 aliphatic rings. The van der Waals surface area contributed by atoms with Crippen LogP contribution in [0.25, 0.3) is 0 Å². The second kappa shape index (κ2) is 5.43. The van der Waals surface area contributed by atoms with Crippen molar-refractivity contribution in [2.45, 2.75) is 51.9 Å². The average Bonchev–Trinajstić information content (AvgIpc) is 2.69. The normalized spacial score (nSPS) is 29.5. The molecule has 1 unspecified atom stereocenters. The van der Waals surface area contributed by atoms with Crippen molar-refractivity contribution in [2.24, 2.45) is 16.6 Å². The fourth-order valence-corrected chi connectivity index (χ4v) is 3.34. The molecule has 110 valence electrons. The Bertz CT molecular complexity index is 447. The van der Waals surface area contributed by atoms with E-state index < -0.39 is 10.8 Å². The van der Waals surface area contributed by atoms with Crippen LogP contribution in [0.4, 0.5) is 0 Å². The Morgan fingerprint density at radius 2 is 1.75 bits per heavy atom. The minimum Gasteiger partial charge on any atom is -0.369 e. The van der Waals surface area contributed by atoms with Gasteiger partial charge in [-0.3, -0.25) is 9.59 Å². The number of hydrogen-bond donors (Lipinski definition) is 1. The van der Waals surface area contributed by atoms with Gasteiger partial charge in [0.1, 0.15) is 5.41 Å². The topological polar surface area (TPSA) is 87.2 Å². The van der Waals surface area contributed by atoms with Gasteiger partial charge < -0.3 is 10.6 Å². The van der Waals surface area contributed by atoms with E-state index >= 15 is 0 Å². The molecule has 0 aromatic heterocycles. The van der Waals surface area contributed by atoms with Gasteiger partial charge in [0.05, 0.1) is 11.5 Å². The maximum absolute atomic E-state index is 12.8. The van der Waals surface area contributed by atoms with Crippen LogP contribution in [0.15, 0.2) is 0 Å². The van der Waals surface area contributed by atoms with Crippen molar-refractivity contribution >= 4 is 11.8 Å². The van der Waals surface area contributed by atoms with Crippen LogP contribution in [-0.4, -0.2) is 29.8 Å². The first kappa shape index (κ1) is 14.8. The van der Waals surface area contributed by atoms with Crippen LogP contribution in [0.5, 0.6) is 0 Å². The summed E-state index contributed by atoms with van der Waals surface area (Å²) in [5.74, 6) is -0.452. The lowest BCUT2D eigenvalue weighted by molar-refractivity contribution is -0.139. The lowest BCUT2D eigenvalue weighted by Gasteiger charge is -2.30. The predicted octanol–water partition coefficient (Wildman–Crippen LogP) is 1.57. The lowest BCUT2D eigenvalue weighted by Crippen LogP contribution is -2.44. The Morgan fingerprint density at radius 3 is 2.20 bits per heavy atom. The molecule has 1 heterocycles. The standard InChI is InChI=1S/C15H23N3O2/c1-14(12(17)19)8-9-18(11-14)13(20)15(10-16)6-4-2-3-5-7-15/h2-9,11H2,1H3,(H2,17,19). The third-order valence-electron chi connectivity index (χ3n) is 4.94. The molecule has 1 saturated heterocycles. The highest BCUT2D eigenvalue weighted by atomic mass is 16.2. The molecule has 1 atom stereocenters. The smallest absolute Gasteiger partial charge is 0.243 e. The SMILES string of the molecule is CC1(C(N)=O)CCN(C(=O)C2(C#N)CCCCCC2)C1. The highest BCUT2D eigenvalue weighted by Gasteiger charge is 2.47. The second-order valence-electron chi connectivity index (χ2n) is 6.51. The molecule has 0 radical (unpaired) electrons. The summed E-state index contributed by atoms with van der Waals surface area (Å²) in [4.78, 5) is 25.9. The van der Waals surface area contributed by atoms with E-state index in [-0.39, 0.29) is 11.8 Å². The van der Waals surface area contributed by atoms with Crippen LogP contribution in [0.2, 0.25) is 0 Å². The van der Waals surface area contributed by atoms with E-state index in [2.05, 4.69) is 6.07 Å². The highest BCUT2D eigenvalue weighted by Crippen LogP contribution is 2.39. The molecule has 1 aliphatic carbocycles. The fourth-order valence-electron chi connectivity index (χ4n) is 3.34. The van der Waals surface area contributed by atoms with Crippen LogP contribution >= 0.6 is 0 Å². The van der Waals surface area contributed by atoms with Crippen LogP contribution in [0, 0.1) is 22.2 Å². The van der Waals surface area contributed by atoms with E-state index in [4.69, 9.17) is 5.73 Å². The second-order valence-corrected chi connectivity index (χ2v) is 6.51. The summed E-state index contributed by atoms with van der Waals surface area (Å²) in [5.41, 5.74) is 3.90. The largest absolute Gasteiger partial charge is 0.369 e. The van der Waals surface area contributed by atoms with Crippen LogP contribution in [-0.2, 0) is 9.59 Å². The lowest BCUT2D eigenvalue weighted by atomic mass is 9.80. The number of rotatable bonds is 2. The minimum atomic E-state index is -0.876. The van der Waals surface area contributed by atoms with Crippen molar-refractivity contribution in [1.29, 1.82) is 5.26 Å². The third kappa shape index (κ3) is 2.52. The summed E-state index contributed by atoms with van der Waals surface area (Å²) in [7, 11) is 0. The van der Waals surface area contributed by atoms with Gasteiger partial charge in [0.15, 0.2) is 0 Å². The molecular formula is C15H23N3O2. The van der Waals surface area contributed by atoms with Crippen LogP contribution in [0.3, 0.4) is 0 Å². The molecule has 1 aliphatic heterocycles. The number of primary amides is 1. The number of nitriles is 1. The predicted molar refractivity (Wildman–Crippen MR) is 74.2 cm³/mol. The van der Waals surface area contributed by atoms with Gasteiger partial charge in [-0.1, -0.05) is 25.7 Å². The minimum absolute atomic E-state index is 0.0909. The number of hydrogen-bond acceptors (Lipinski definition) is 3. The molecule has 2 fully saturated rings. The van der Waals surface area contributed by atoms with Gasteiger partial charge in [-0.05, 0) is 26.2 Å². The molecule has 20 heavy (non-hydrogen) atoms. The molecule has 0 bridgehead atoms. The maximum atomic E-state index is 12.8. The first-order chi connectivity index (χ1) is 9.43. The van der Waals surface area contributed by atoms with Crippen LogP contribution < -0.4 is 5.73 Å². The molecule has 5 heteroatoms. The zero-order chi connectivity index (χ0) is 14.8. The number of nitrogens with two attached hydrogens (primary N) is 1. The Morgan fingerprint density at radius 1 is 1.15 bits per heavy atom. The van der Waals surface area contributed by atoms with E-state index in [0.29, 0.717) is 32.4 Å². The summed E-state index contributed by atoms with van der Waals surface area (Å²) in [6.07, 6.45) is 5.93. The molecule has 0 spiro atoms. The summed E-state index contributed by atoms with van der Waals surface area (Å²) in [6, 6.07) is 2.28. The van der Waals surface area contributed by atoms with Crippen LogP contribution in [0.1, 0.15) is 51.9 Å². The first-order valence-electron chi connectivity index (χ1n) is 7.44. The molecule has 1 saturated carbocycles. The van der Waals surface area contributed by atoms with Gasteiger partial charge >= 0.3 is 0 Å². The van der Waals surface area contributed by atoms with Gasteiger partial charge in [0, 0.05) is 13.1 Å². The Hall–Kier alpha value is -1.57. The summed E-state index contributed by atoms with van der Waals surface area (Å²) in [5, 5.41) is 9.55. The molecular weight excluding hydrogens is 254 g/mol. The molecule has 5 nitrogen and oxygen atoms in total. The van der Waals surface area contributed by atoms with E-state index in [9.17, 15) is 14.9 Å². The quantitative estimate of drug-likeness (QED) is 0.777. The summed E-state index contributed by atoms with van der Waals surface area (Å²) in [6.45, 7) is 2.68. The van der Waals surface area contributed by atoms with Gasteiger partial charge in [-0.2, -0.15) is 5.26 Å². The Balaban J connectivity index is 2.14.